The van der Waals surface area contributed by atoms with Crippen LogP contribution in [0.3, 0.4) is 0 Å². The van der Waals surface area contributed by atoms with Gasteiger partial charge in [-0.3, -0.25) is 4.79 Å². The Balaban J connectivity index is 1.53. The monoisotopic (exact) mass is 345 g/mol. The van der Waals surface area contributed by atoms with Crippen LogP contribution in [0.5, 0.6) is 0 Å². The molecule has 0 N–H and O–H groups in total. The minimum atomic E-state index is -0.621. The summed E-state index contributed by atoms with van der Waals surface area (Å²) >= 11 is 0. The van der Waals surface area contributed by atoms with Gasteiger partial charge in [0.15, 0.2) is 0 Å². The molecule has 0 bridgehead atoms. The number of morpholine rings is 1. The molecule has 4 heterocycles. The summed E-state index contributed by atoms with van der Waals surface area (Å²) in [5, 5.41) is 3.61. The van der Waals surface area contributed by atoms with E-state index in [-0.39, 0.29) is 11.7 Å². The lowest BCUT2D eigenvalue weighted by Crippen LogP contribution is -2.60. The highest BCUT2D eigenvalue weighted by molar-refractivity contribution is 5.91. The van der Waals surface area contributed by atoms with Crippen LogP contribution in [0.1, 0.15) is 10.6 Å². The lowest BCUT2D eigenvalue weighted by Gasteiger charge is -2.42. The summed E-state index contributed by atoms with van der Waals surface area (Å²) in [5.41, 5.74) is -0.621. The first-order chi connectivity index (χ1) is 12.3. The molecular weight excluding hydrogens is 326 g/mol. The van der Waals surface area contributed by atoms with Crippen molar-refractivity contribution in [1.82, 2.24) is 20.0 Å². The maximum Gasteiger partial charge on any atom is 0.292 e. The van der Waals surface area contributed by atoms with Crippen molar-refractivity contribution in [1.29, 1.82) is 0 Å². The Kier molecular flexibility index (Phi) is 4.33. The summed E-state index contributed by atoms with van der Waals surface area (Å²) in [7, 11) is 0. The molecule has 25 heavy (non-hydrogen) atoms. The third-order valence-electron chi connectivity index (χ3n) is 4.37. The topological polar surface area (TPSA) is 93.8 Å². The van der Waals surface area contributed by atoms with E-state index in [0.717, 1.165) is 0 Å². The molecule has 2 fully saturated rings. The average Bonchev–Trinajstić information content (AvgIpc) is 3.12. The van der Waals surface area contributed by atoms with Crippen LogP contribution in [-0.2, 0) is 9.47 Å². The number of amides is 1. The molecule has 1 spiro atoms. The molecule has 9 nitrogen and oxygen atoms in total. The van der Waals surface area contributed by atoms with Crippen LogP contribution in [0.4, 0.5) is 5.95 Å². The Morgan fingerprint density at radius 3 is 2.80 bits per heavy atom. The van der Waals surface area contributed by atoms with Gasteiger partial charge in [-0.15, -0.1) is 0 Å². The summed E-state index contributed by atoms with van der Waals surface area (Å²) in [5.74, 6) is 0.677. The Morgan fingerprint density at radius 2 is 2.00 bits per heavy atom. The largest absolute Gasteiger partial charge is 0.376 e. The van der Waals surface area contributed by atoms with Crippen LogP contribution in [0, 0.1) is 0 Å². The highest BCUT2D eigenvalue weighted by Crippen LogP contribution is 2.25. The summed E-state index contributed by atoms with van der Waals surface area (Å²) in [4.78, 5) is 25.0. The normalized spacial score (nSPS) is 24.3. The van der Waals surface area contributed by atoms with Crippen molar-refractivity contribution >= 4 is 11.9 Å². The lowest BCUT2D eigenvalue weighted by atomic mass is 10.0. The smallest absolute Gasteiger partial charge is 0.292 e. The highest BCUT2D eigenvalue weighted by atomic mass is 16.5. The quantitative estimate of drug-likeness (QED) is 0.763. The molecule has 1 atom stereocenters. The Morgan fingerprint density at radius 1 is 1.12 bits per heavy atom. The molecule has 2 aliphatic heterocycles. The average molecular weight is 345 g/mol. The maximum atomic E-state index is 12.6. The Hall–Kier alpha value is -2.52. The fourth-order valence-electron chi connectivity index (χ4n) is 3.21. The number of ether oxygens (including phenoxy) is 2. The molecule has 4 rings (SSSR count). The molecule has 2 saturated heterocycles. The number of rotatable bonds is 2. The molecule has 0 saturated carbocycles. The molecule has 0 aromatic carbocycles. The van der Waals surface area contributed by atoms with Gasteiger partial charge in [0.05, 0.1) is 39.1 Å². The van der Waals surface area contributed by atoms with Gasteiger partial charge in [-0.2, -0.15) is 0 Å². The zero-order chi connectivity index (χ0) is 17.1. The predicted octanol–water partition coefficient (Wildman–Crippen LogP) is 0.213. The number of hydrogen-bond donors (Lipinski definition) is 0. The van der Waals surface area contributed by atoms with E-state index in [1.807, 2.05) is 4.90 Å². The maximum absolute atomic E-state index is 12.6. The summed E-state index contributed by atoms with van der Waals surface area (Å²) < 4.78 is 16.8. The zero-order valence-corrected chi connectivity index (χ0v) is 13.7. The molecule has 2 aromatic heterocycles. The molecule has 9 heteroatoms. The first kappa shape index (κ1) is 16.0. The van der Waals surface area contributed by atoms with Crippen molar-refractivity contribution in [3.63, 3.8) is 0 Å². The van der Waals surface area contributed by atoms with Crippen molar-refractivity contribution in [2.75, 3.05) is 50.9 Å². The number of carbonyl (C=O) groups is 1. The highest BCUT2D eigenvalue weighted by Gasteiger charge is 2.42. The summed E-state index contributed by atoms with van der Waals surface area (Å²) in [6.07, 6.45) is 4.89. The van der Waals surface area contributed by atoms with Crippen LogP contribution in [0.2, 0.25) is 0 Å². The van der Waals surface area contributed by atoms with E-state index in [2.05, 4.69) is 15.1 Å². The molecule has 1 unspecified atom stereocenters. The standard InChI is InChI=1S/C16H19N5O4/c22-14(13-2-5-19-25-13)20-7-9-24-16(10-20)11-21(6-8-23-12-16)15-17-3-1-4-18-15/h1-5H,6-12H2. The number of aromatic nitrogens is 3. The van der Waals surface area contributed by atoms with E-state index in [4.69, 9.17) is 14.0 Å². The van der Waals surface area contributed by atoms with Gasteiger partial charge < -0.3 is 23.8 Å². The zero-order valence-electron chi connectivity index (χ0n) is 13.7. The summed E-state index contributed by atoms with van der Waals surface area (Å²) in [6.45, 7) is 3.55. The third kappa shape index (κ3) is 3.33. The second-order valence-corrected chi connectivity index (χ2v) is 6.16. The van der Waals surface area contributed by atoms with Crippen molar-refractivity contribution in [3.05, 3.63) is 36.5 Å². The van der Waals surface area contributed by atoms with Crippen molar-refractivity contribution in [3.8, 4) is 0 Å². The molecule has 132 valence electrons. The van der Waals surface area contributed by atoms with Gasteiger partial charge in [-0.25, -0.2) is 9.97 Å². The van der Waals surface area contributed by atoms with Gasteiger partial charge in [-0.05, 0) is 6.07 Å². The SMILES string of the molecule is O=C(c1ccno1)N1CCOC2(COCCN(c3ncccn3)C2)C1. The first-order valence-electron chi connectivity index (χ1n) is 8.19. The first-order valence-corrected chi connectivity index (χ1v) is 8.19. The second kappa shape index (κ2) is 6.77. The number of carbonyl (C=O) groups excluding carboxylic acids is 1. The van der Waals surface area contributed by atoms with E-state index in [0.29, 0.717) is 51.9 Å². The fraction of sp³-hybridized carbons (Fsp3) is 0.500. The number of hydrogen-bond acceptors (Lipinski definition) is 8. The molecule has 0 radical (unpaired) electrons. The second-order valence-electron chi connectivity index (χ2n) is 6.16. The number of nitrogens with zero attached hydrogens (tertiary/aromatic N) is 5. The molecule has 0 aliphatic carbocycles. The molecule has 2 aliphatic rings. The molecular formula is C16H19N5O4. The van der Waals surface area contributed by atoms with Gasteiger partial charge in [0, 0.05) is 31.5 Å². The summed E-state index contributed by atoms with van der Waals surface area (Å²) in [6, 6.07) is 3.35. The van der Waals surface area contributed by atoms with Crippen LogP contribution in [0.15, 0.2) is 35.2 Å². The van der Waals surface area contributed by atoms with Crippen molar-refractivity contribution in [2.24, 2.45) is 0 Å². The van der Waals surface area contributed by atoms with E-state index in [9.17, 15) is 4.79 Å². The van der Waals surface area contributed by atoms with Crippen molar-refractivity contribution in [2.45, 2.75) is 5.60 Å². The van der Waals surface area contributed by atoms with E-state index in [1.165, 1.54) is 6.20 Å². The van der Waals surface area contributed by atoms with E-state index >= 15 is 0 Å². The molecule has 2 aromatic rings. The Bertz CT molecular complexity index is 711. The van der Waals surface area contributed by atoms with Gasteiger partial charge in [0.1, 0.15) is 5.60 Å². The minimum absolute atomic E-state index is 0.188. The van der Waals surface area contributed by atoms with Crippen LogP contribution >= 0.6 is 0 Å². The predicted molar refractivity (Wildman–Crippen MR) is 86.2 cm³/mol. The number of anilines is 1. The van der Waals surface area contributed by atoms with Gasteiger partial charge >= 0.3 is 0 Å². The molecule has 1 amide bonds. The lowest BCUT2D eigenvalue weighted by molar-refractivity contribution is -0.124. The van der Waals surface area contributed by atoms with Gasteiger partial charge in [-0.1, -0.05) is 5.16 Å². The van der Waals surface area contributed by atoms with Crippen LogP contribution in [-0.4, -0.2) is 77.5 Å². The fourth-order valence-corrected chi connectivity index (χ4v) is 3.21. The van der Waals surface area contributed by atoms with Crippen molar-refractivity contribution < 1.29 is 18.8 Å². The Labute approximate surface area is 144 Å². The van der Waals surface area contributed by atoms with Gasteiger partial charge in [0.2, 0.25) is 11.7 Å². The van der Waals surface area contributed by atoms with E-state index < -0.39 is 5.60 Å². The minimum Gasteiger partial charge on any atom is -0.376 e. The van der Waals surface area contributed by atoms with E-state index in [1.54, 1.807) is 29.4 Å². The van der Waals surface area contributed by atoms with Crippen LogP contribution < -0.4 is 4.90 Å². The third-order valence-corrected chi connectivity index (χ3v) is 4.37. The van der Waals surface area contributed by atoms with Gasteiger partial charge in [0.25, 0.3) is 5.91 Å². The van der Waals surface area contributed by atoms with Crippen LogP contribution in [0.25, 0.3) is 0 Å².